The van der Waals surface area contributed by atoms with Crippen LogP contribution in [0.25, 0.3) is 0 Å². The van der Waals surface area contributed by atoms with E-state index in [0.29, 0.717) is 6.54 Å². The minimum atomic E-state index is -2.98. The second-order valence-corrected chi connectivity index (χ2v) is 4.56. The van der Waals surface area contributed by atoms with E-state index in [2.05, 4.69) is 15.4 Å². The number of amides is 1. The highest BCUT2D eigenvalue weighted by atomic mass is 32.1. The number of aliphatic hydroxyl groups excluding tert-OH is 1. The molecule has 0 fully saturated rings. The van der Waals surface area contributed by atoms with Crippen molar-refractivity contribution in [3.63, 3.8) is 0 Å². The Hall–Kier alpha value is -2.22. The van der Waals surface area contributed by atoms with E-state index in [-0.39, 0.29) is 34.2 Å². The molecule has 1 heterocycles. The number of ether oxygens (including phenoxy) is 1. The van der Waals surface area contributed by atoms with E-state index in [9.17, 15) is 18.7 Å². The smallest absolute Gasteiger partial charge is 0.387 e. The van der Waals surface area contributed by atoms with E-state index in [0.717, 1.165) is 0 Å². The van der Waals surface area contributed by atoms with Crippen LogP contribution in [0, 0.1) is 0 Å². The number of halogens is 2. The molecule has 3 N–H and O–H groups in total. The summed E-state index contributed by atoms with van der Waals surface area (Å²) in [5, 5.41) is 14.9. The average molecular weight is 314 g/mol. The zero-order valence-electron chi connectivity index (χ0n) is 10.7. The fourth-order valence-electron chi connectivity index (χ4n) is 1.83. The van der Waals surface area contributed by atoms with E-state index >= 15 is 0 Å². The van der Waals surface area contributed by atoms with Crippen molar-refractivity contribution in [3.8, 4) is 5.75 Å². The quantitative estimate of drug-likeness (QED) is 0.744. The predicted molar refractivity (Wildman–Crippen MR) is 76.6 cm³/mol. The number of thiocarbonyl (C=S) groups is 1. The third-order valence-electron chi connectivity index (χ3n) is 2.74. The second-order valence-electron chi connectivity index (χ2n) is 4.16. The third-order valence-corrected chi connectivity index (χ3v) is 3.05. The lowest BCUT2D eigenvalue weighted by molar-refractivity contribution is -0.117. The number of carbonyl (C=O) groups is 1. The molecular weight excluding hydrogens is 302 g/mol. The molecule has 8 heteroatoms. The van der Waals surface area contributed by atoms with Crippen molar-refractivity contribution in [2.45, 2.75) is 13.0 Å². The molecule has 1 aromatic carbocycles. The molecule has 112 valence electrons. The summed E-state index contributed by atoms with van der Waals surface area (Å²) in [6, 6.07) is 5.93. The summed E-state index contributed by atoms with van der Waals surface area (Å²) in [7, 11) is 0. The number of anilines is 1. The zero-order chi connectivity index (χ0) is 15.4. The van der Waals surface area contributed by atoms with Gasteiger partial charge in [-0.05, 0) is 12.1 Å². The normalized spacial score (nSPS) is 14.9. The summed E-state index contributed by atoms with van der Waals surface area (Å²) in [5.74, 6) is -0.752. The fourth-order valence-corrected chi connectivity index (χ4v) is 2.15. The van der Waals surface area contributed by atoms with E-state index in [1.807, 2.05) is 0 Å². The van der Waals surface area contributed by atoms with Gasteiger partial charge in [0.1, 0.15) is 22.1 Å². The second kappa shape index (κ2) is 6.49. The number of benzene rings is 1. The van der Waals surface area contributed by atoms with Gasteiger partial charge in [-0.3, -0.25) is 4.79 Å². The van der Waals surface area contributed by atoms with Crippen molar-refractivity contribution in [1.29, 1.82) is 0 Å². The molecular formula is C13H12F2N2O3S. The van der Waals surface area contributed by atoms with Crippen molar-refractivity contribution >= 4 is 28.8 Å². The molecule has 5 nitrogen and oxygen atoms in total. The SMILES string of the molecule is O=C1NCCC(O)=C1C(=S)Nc1ccccc1OC(F)F. The Morgan fingerprint density at radius 2 is 2.14 bits per heavy atom. The van der Waals surface area contributed by atoms with E-state index < -0.39 is 12.5 Å². The molecule has 1 aromatic rings. The van der Waals surface area contributed by atoms with Crippen molar-refractivity contribution in [2.75, 3.05) is 11.9 Å². The van der Waals surface area contributed by atoms with Crippen molar-refractivity contribution in [2.24, 2.45) is 0 Å². The number of nitrogens with one attached hydrogen (secondary N) is 2. The molecule has 1 aliphatic rings. The first-order valence-corrected chi connectivity index (χ1v) is 6.45. The van der Waals surface area contributed by atoms with E-state index in [1.54, 1.807) is 6.07 Å². The van der Waals surface area contributed by atoms with Crippen molar-refractivity contribution in [3.05, 3.63) is 35.6 Å². The van der Waals surface area contributed by atoms with Gasteiger partial charge in [0.15, 0.2) is 0 Å². The van der Waals surface area contributed by atoms with E-state index in [4.69, 9.17) is 12.2 Å². The van der Waals surface area contributed by atoms with Crippen molar-refractivity contribution < 1.29 is 23.4 Å². The highest BCUT2D eigenvalue weighted by Gasteiger charge is 2.24. The van der Waals surface area contributed by atoms with Crippen LogP contribution in [0.5, 0.6) is 5.75 Å². The number of carbonyl (C=O) groups excluding carboxylic acids is 1. The summed E-state index contributed by atoms with van der Waals surface area (Å²) in [6.45, 7) is -2.66. The highest BCUT2D eigenvalue weighted by molar-refractivity contribution is 7.81. The molecule has 0 bridgehead atoms. The van der Waals surface area contributed by atoms with Gasteiger partial charge >= 0.3 is 6.61 Å². The first-order chi connectivity index (χ1) is 9.99. The monoisotopic (exact) mass is 314 g/mol. The topological polar surface area (TPSA) is 70.6 Å². The molecule has 2 rings (SSSR count). The van der Waals surface area contributed by atoms with Crippen LogP contribution in [0.3, 0.4) is 0 Å². The Morgan fingerprint density at radius 3 is 2.81 bits per heavy atom. The van der Waals surface area contributed by atoms with E-state index in [1.165, 1.54) is 18.2 Å². The molecule has 0 radical (unpaired) electrons. The van der Waals surface area contributed by atoms with Gasteiger partial charge in [-0.25, -0.2) is 0 Å². The third kappa shape index (κ3) is 3.66. The molecule has 0 spiro atoms. The van der Waals surface area contributed by atoms with Crippen LogP contribution in [0.1, 0.15) is 6.42 Å². The molecule has 0 atom stereocenters. The summed E-state index contributed by atoms with van der Waals surface area (Å²) < 4.78 is 29.0. The first-order valence-electron chi connectivity index (χ1n) is 6.04. The number of hydrogen-bond donors (Lipinski definition) is 3. The maximum Gasteiger partial charge on any atom is 0.387 e. The summed E-state index contributed by atoms with van der Waals surface area (Å²) in [6.07, 6.45) is 0.262. The number of aliphatic hydroxyl groups is 1. The lowest BCUT2D eigenvalue weighted by Crippen LogP contribution is -2.36. The molecule has 1 aliphatic heterocycles. The lowest BCUT2D eigenvalue weighted by atomic mass is 10.1. The standard InChI is InChI=1S/C13H12F2N2O3S/c14-13(15)20-9-4-2-1-3-7(9)17-12(21)10-8(18)5-6-16-11(10)19/h1-4,13,18H,5-6H2,(H,16,19)(H,17,21). The molecule has 0 aliphatic carbocycles. The van der Waals surface area contributed by atoms with Crippen LogP contribution in [0.4, 0.5) is 14.5 Å². The van der Waals surface area contributed by atoms with Gasteiger partial charge in [0.25, 0.3) is 5.91 Å². The maximum atomic E-state index is 12.3. The van der Waals surface area contributed by atoms with Crippen LogP contribution in [0.2, 0.25) is 0 Å². The molecule has 0 saturated carbocycles. The van der Waals surface area contributed by atoms with Gasteiger partial charge in [-0.1, -0.05) is 24.4 Å². The largest absolute Gasteiger partial charge is 0.511 e. The molecule has 0 unspecified atom stereocenters. The Labute approximate surface area is 124 Å². The van der Waals surface area contributed by atoms with Crippen LogP contribution in [-0.4, -0.2) is 29.2 Å². The summed E-state index contributed by atoms with van der Waals surface area (Å²) >= 11 is 5.05. The summed E-state index contributed by atoms with van der Waals surface area (Å²) in [4.78, 5) is 11.6. The van der Waals surface area contributed by atoms with Crippen LogP contribution < -0.4 is 15.4 Å². The van der Waals surface area contributed by atoms with Crippen LogP contribution >= 0.6 is 12.2 Å². The lowest BCUT2D eigenvalue weighted by Gasteiger charge is -2.19. The van der Waals surface area contributed by atoms with Gasteiger partial charge in [0.05, 0.1) is 5.69 Å². The number of para-hydroxylation sites is 2. The molecule has 21 heavy (non-hydrogen) atoms. The van der Waals surface area contributed by atoms with Crippen molar-refractivity contribution in [1.82, 2.24) is 5.32 Å². The number of rotatable bonds is 4. The van der Waals surface area contributed by atoms with Gasteiger partial charge < -0.3 is 20.5 Å². The Bertz CT molecular complexity index is 605. The van der Waals surface area contributed by atoms with Gasteiger partial charge in [0.2, 0.25) is 0 Å². The Balaban J connectivity index is 2.22. The molecule has 0 saturated heterocycles. The summed E-state index contributed by atoms with van der Waals surface area (Å²) in [5.41, 5.74) is 0.115. The van der Waals surface area contributed by atoms with Gasteiger partial charge in [0, 0.05) is 13.0 Å². The van der Waals surface area contributed by atoms with Gasteiger partial charge in [-0.15, -0.1) is 0 Å². The molecule has 0 aromatic heterocycles. The Kier molecular flexibility index (Phi) is 4.69. The van der Waals surface area contributed by atoms with Crippen LogP contribution in [0.15, 0.2) is 35.6 Å². The van der Waals surface area contributed by atoms with Gasteiger partial charge in [-0.2, -0.15) is 8.78 Å². The predicted octanol–water partition coefficient (Wildman–Crippen LogP) is 2.36. The van der Waals surface area contributed by atoms with Crippen LogP contribution in [-0.2, 0) is 4.79 Å². The molecule has 1 amide bonds. The maximum absolute atomic E-state index is 12.3. The highest BCUT2D eigenvalue weighted by Crippen LogP contribution is 2.26. The minimum absolute atomic E-state index is 0.0602. The number of alkyl halides is 2. The minimum Gasteiger partial charge on any atom is -0.511 e. The number of hydrogen-bond acceptors (Lipinski definition) is 4. The average Bonchev–Trinajstić information content (AvgIpc) is 2.40. The zero-order valence-corrected chi connectivity index (χ0v) is 11.5. The fraction of sp³-hybridized carbons (Fsp3) is 0.231. The Morgan fingerprint density at radius 1 is 1.43 bits per heavy atom. The first kappa shape index (κ1) is 15.2.